The van der Waals surface area contributed by atoms with Crippen LogP contribution < -0.4 is 14.8 Å². The molecule has 1 aromatic heterocycles. The van der Waals surface area contributed by atoms with Gasteiger partial charge in [0.25, 0.3) is 5.91 Å². The van der Waals surface area contributed by atoms with Crippen LogP contribution in [-0.4, -0.2) is 33.4 Å². The zero-order valence-corrected chi connectivity index (χ0v) is 15.5. The minimum absolute atomic E-state index is 0.181. The summed E-state index contributed by atoms with van der Waals surface area (Å²) in [6.45, 7) is 1.79. The van der Waals surface area contributed by atoms with Gasteiger partial charge in [0.1, 0.15) is 6.10 Å². The van der Waals surface area contributed by atoms with Crippen LogP contribution in [-0.2, 0) is 11.8 Å². The maximum atomic E-state index is 12.6. The van der Waals surface area contributed by atoms with E-state index in [-0.39, 0.29) is 11.7 Å². The lowest BCUT2D eigenvalue weighted by Gasteiger charge is -2.31. The third kappa shape index (κ3) is 3.34. The van der Waals surface area contributed by atoms with Gasteiger partial charge in [-0.1, -0.05) is 12.1 Å². The van der Waals surface area contributed by atoms with Crippen LogP contribution in [0.2, 0.25) is 0 Å². The van der Waals surface area contributed by atoms with Crippen molar-refractivity contribution in [1.29, 1.82) is 0 Å². The van der Waals surface area contributed by atoms with E-state index >= 15 is 0 Å². The number of rotatable bonds is 4. The molecule has 1 aliphatic rings. The molecule has 4 rings (SSSR count). The van der Waals surface area contributed by atoms with Crippen molar-refractivity contribution in [2.75, 3.05) is 5.32 Å². The topological polar surface area (TPSA) is 82.4 Å². The molecule has 0 spiro atoms. The fourth-order valence-electron chi connectivity index (χ4n) is 3.04. The molecule has 0 bridgehead atoms. The molecule has 7 heteroatoms. The van der Waals surface area contributed by atoms with Crippen LogP contribution in [0, 0.1) is 0 Å². The van der Waals surface area contributed by atoms with Crippen molar-refractivity contribution in [3.05, 3.63) is 72.3 Å². The number of para-hydroxylation sites is 2. The molecule has 0 radical (unpaired) electrons. The van der Waals surface area contributed by atoms with Gasteiger partial charge in [-0.05, 0) is 43.3 Å². The number of hydrogen-bond donors (Lipinski definition) is 1. The number of fused-ring (bicyclic) bond motifs is 1. The van der Waals surface area contributed by atoms with Crippen LogP contribution in [0.25, 0.3) is 0 Å². The molecule has 1 N–H and O–H groups in total. The highest BCUT2D eigenvalue weighted by Gasteiger charge is 2.34. The lowest BCUT2D eigenvalue weighted by atomic mass is 10.1. The van der Waals surface area contributed by atoms with Crippen molar-refractivity contribution >= 4 is 17.4 Å². The van der Waals surface area contributed by atoms with E-state index in [0.717, 1.165) is 0 Å². The molecule has 1 amide bonds. The molecule has 142 valence electrons. The van der Waals surface area contributed by atoms with Gasteiger partial charge in [-0.25, -0.2) is 4.98 Å². The number of aromatic nitrogens is 2. The predicted octanol–water partition coefficient (Wildman–Crippen LogP) is 2.82. The average molecular weight is 377 g/mol. The van der Waals surface area contributed by atoms with Crippen LogP contribution in [0.15, 0.2) is 60.9 Å². The van der Waals surface area contributed by atoms with Gasteiger partial charge >= 0.3 is 0 Å². The second-order valence-electron chi connectivity index (χ2n) is 6.57. The summed E-state index contributed by atoms with van der Waals surface area (Å²) in [4.78, 5) is 29.2. The van der Waals surface area contributed by atoms with Crippen molar-refractivity contribution in [3.63, 3.8) is 0 Å². The van der Waals surface area contributed by atoms with Crippen molar-refractivity contribution in [2.24, 2.45) is 7.05 Å². The smallest absolute Gasteiger partial charge is 0.269 e. The van der Waals surface area contributed by atoms with Crippen molar-refractivity contribution in [1.82, 2.24) is 9.55 Å². The van der Waals surface area contributed by atoms with Crippen LogP contribution in [0.3, 0.4) is 0 Å². The van der Waals surface area contributed by atoms with Crippen LogP contribution in [0.4, 0.5) is 5.69 Å². The summed E-state index contributed by atoms with van der Waals surface area (Å²) in [7, 11) is 1.76. The zero-order valence-electron chi connectivity index (χ0n) is 15.5. The molecule has 2 aromatic carbocycles. The highest BCUT2D eigenvalue weighted by molar-refractivity contribution is 6.07. The summed E-state index contributed by atoms with van der Waals surface area (Å²) in [5.41, 5.74) is 1.06. The zero-order chi connectivity index (χ0) is 19.7. The Labute approximate surface area is 161 Å². The number of imidazole rings is 1. The minimum Gasteiger partial charge on any atom is -0.482 e. The van der Waals surface area contributed by atoms with Gasteiger partial charge in [-0.15, -0.1) is 0 Å². The van der Waals surface area contributed by atoms with E-state index in [1.807, 2.05) is 12.1 Å². The molecule has 1 aliphatic heterocycles. The summed E-state index contributed by atoms with van der Waals surface area (Å²) < 4.78 is 13.2. The van der Waals surface area contributed by atoms with E-state index < -0.39 is 12.2 Å². The number of nitrogens with one attached hydrogen (secondary N) is 1. The molecule has 2 heterocycles. The van der Waals surface area contributed by atoms with E-state index in [2.05, 4.69) is 10.3 Å². The molecule has 28 heavy (non-hydrogen) atoms. The Morgan fingerprint density at radius 3 is 2.36 bits per heavy atom. The SMILES string of the molecule is C[C@@H]1Oc2ccccc2O[C@H]1C(=O)Nc1ccc(C(=O)c2nccn2C)cc1. The molecule has 0 unspecified atom stereocenters. The average Bonchev–Trinajstić information content (AvgIpc) is 3.13. The Balaban J connectivity index is 1.45. The quantitative estimate of drug-likeness (QED) is 0.707. The highest BCUT2D eigenvalue weighted by Crippen LogP contribution is 2.33. The van der Waals surface area contributed by atoms with Crippen molar-refractivity contribution in [2.45, 2.75) is 19.1 Å². The van der Waals surface area contributed by atoms with E-state index in [9.17, 15) is 9.59 Å². The molecule has 2 atom stereocenters. The summed E-state index contributed by atoms with van der Waals surface area (Å²) in [6, 6.07) is 13.9. The first-order valence-electron chi connectivity index (χ1n) is 8.88. The number of anilines is 1. The Morgan fingerprint density at radius 1 is 1.04 bits per heavy atom. The van der Waals surface area contributed by atoms with Gasteiger partial charge in [-0.2, -0.15) is 0 Å². The molecule has 3 aromatic rings. The standard InChI is InChI=1S/C21H19N3O4/c1-13-19(28-17-6-4-3-5-16(17)27-13)21(26)23-15-9-7-14(8-10-15)18(25)20-22-11-12-24(20)2/h3-13,19H,1-2H3,(H,23,26)/t13-,19+/m0/s1. The number of carbonyl (C=O) groups excluding carboxylic acids is 2. The molecule has 0 fully saturated rings. The summed E-state index contributed by atoms with van der Waals surface area (Å²) >= 11 is 0. The van der Waals surface area contributed by atoms with Gasteiger partial charge < -0.3 is 19.4 Å². The number of carbonyl (C=O) groups is 2. The Hall–Kier alpha value is -3.61. The third-order valence-corrected chi connectivity index (χ3v) is 4.54. The summed E-state index contributed by atoms with van der Waals surface area (Å²) in [5, 5.41) is 2.81. The molecular weight excluding hydrogens is 358 g/mol. The van der Waals surface area contributed by atoms with Crippen LogP contribution in [0.5, 0.6) is 11.5 Å². The molecule has 0 saturated heterocycles. The van der Waals surface area contributed by atoms with Gasteiger partial charge in [0.2, 0.25) is 11.9 Å². The minimum atomic E-state index is -0.774. The highest BCUT2D eigenvalue weighted by atomic mass is 16.6. The summed E-state index contributed by atoms with van der Waals surface area (Å²) in [6.07, 6.45) is 2.09. The normalized spacial score (nSPS) is 17.8. The lowest BCUT2D eigenvalue weighted by Crippen LogP contribution is -2.46. The van der Waals surface area contributed by atoms with E-state index in [0.29, 0.717) is 28.6 Å². The van der Waals surface area contributed by atoms with E-state index in [1.165, 1.54) is 0 Å². The van der Waals surface area contributed by atoms with Crippen LogP contribution in [0.1, 0.15) is 23.1 Å². The first-order valence-corrected chi connectivity index (χ1v) is 8.88. The van der Waals surface area contributed by atoms with Crippen molar-refractivity contribution < 1.29 is 19.1 Å². The first-order chi connectivity index (χ1) is 13.5. The second-order valence-corrected chi connectivity index (χ2v) is 6.57. The number of nitrogens with zero attached hydrogens (tertiary/aromatic N) is 2. The maximum absolute atomic E-state index is 12.6. The largest absolute Gasteiger partial charge is 0.482 e. The Bertz CT molecular complexity index is 1030. The monoisotopic (exact) mass is 377 g/mol. The number of ether oxygens (including phenoxy) is 2. The molecule has 7 nitrogen and oxygen atoms in total. The third-order valence-electron chi connectivity index (χ3n) is 4.54. The van der Waals surface area contributed by atoms with Crippen LogP contribution >= 0.6 is 0 Å². The van der Waals surface area contributed by atoms with E-state index in [1.54, 1.807) is 67.3 Å². The maximum Gasteiger partial charge on any atom is 0.269 e. The number of benzene rings is 2. The molecule has 0 saturated carbocycles. The fourth-order valence-corrected chi connectivity index (χ4v) is 3.04. The number of amides is 1. The van der Waals surface area contributed by atoms with Gasteiger partial charge in [-0.3, -0.25) is 9.59 Å². The molecular formula is C21H19N3O4. The Kier molecular flexibility index (Phi) is 4.57. The van der Waals surface area contributed by atoms with E-state index in [4.69, 9.17) is 9.47 Å². The second kappa shape index (κ2) is 7.19. The summed E-state index contributed by atoms with van der Waals surface area (Å²) in [5.74, 6) is 1.02. The van der Waals surface area contributed by atoms with Gasteiger partial charge in [0.05, 0.1) is 0 Å². The lowest BCUT2D eigenvalue weighted by molar-refractivity contribution is -0.128. The first kappa shape index (κ1) is 17.8. The van der Waals surface area contributed by atoms with Gasteiger partial charge in [0.15, 0.2) is 17.3 Å². The van der Waals surface area contributed by atoms with Gasteiger partial charge in [0, 0.05) is 30.7 Å². The number of ketones is 1. The Morgan fingerprint density at radius 2 is 1.71 bits per heavy atom. The van der Waals surface area contributed by atoms with Crippen molar-refractivity contribution in [3.8, 4) is 11.5 Å². The number of hydrogen-bond acceptors (Lipinski definition) is 5. The predicted molar refractivity (Wildman–Crippen MR) is 103 cm³/mol. The molecule has 0 aliphatic carbocycles. The number of aryl methyl sites for hydroxylation is 1. The fraction of sp³-hybridized carbons (Fsp3) is 0.190.